The number of benzene rings is 2. The average Bonchev–Trinajstić information content (AvgIpc) is 2.85. The van der Waals surface area contributed by atoms with Crippen molar-refractivity contribution in [3.8, 4) is 0 Å². The molecule has 0 N–H and O–H groups in total. The van der Waals surface area contributed by atoms with Gasteiger partial charge in [0, 0.05) is 7.11 Å². The summed E-state index contributed by atoms with van der Waals surface area (Å²) < 4.78 is 11.0. The molecule has 3 rings (SSSR count). The van der Waals surface area contributed by atoms with Crippen LogP contribution in [0.15, 0.2) is 36.1 Å². The lowest BCUT2D eigenvalue weighted by Crippen LogP contribution is -2.44. The van der Waals surface area contributed by atoms with E-state index in [1.54, 1.807) is 13.8 Å². The van der Waals surface area contributed by atoms with Crippen LogP contribution < -0.4 is 0 Å². The van der Waals surface area contributed by atoms with E-state index in [4.69, 9.17) is 14.3 Å². The Kier molecular flexibility index (Phi) is 6.58. The summed E-state index contributed by atoms with van der Waals surface area (Å²) in [6, 6.07) is 9.66. The molecule has 0 radical (unpaired) electrons. The van der Waals surface area contributed by atoms with E-state index in [0.29, 0.717) is 11.1 Å². The van der Waals surface area contributed by atoms with E-state index in [1.165, 1.54) is 12.2 Å². The van der Waals surface area contributed by atoms with Gasteiger partial charge in [-0.15, -0.1) is 0 Å². The maximum atomic E-state index is 13.6. The highest BCUT2D eigenvalue weighted by molar-refractivity contribution is 6.23. The molecule has 1 amide bonds. The van der Waals surface area contributed by atoms with Gasteiger partial charge in [-0.2, -0.15) is 0 Å². The molecule has 2 aromatic rings. The number of carbonyl (C=O) groups excluding carboxylic acids is 2. The molecule has 6 heteroatoms. The molecule has 170 valence electrons. The normalized spacial score (nSPS) is 15.5. The molecule has 0 bridgehead atoms. The van der Waals surface area contributed by atoms with Gasteiger partial charge in [-0.3, -0.25) is 4.79 Å². The van der Waals surface area contributed by atoms with Crippen molar-refractivity contribution >= 4 is 17.4 Å². The molecule has 0 atom stereocenters. The zero-order valence-electron chi connectivity index (χ0n) is 20.1. The summed E-state index contributed by atoms with van der Waals surface area (Å²) in [4.78, 5) is 32.5. The van der Waals surface area contributed by atoms with E-state index in [0.717, 1.165) is 33.4 Å². The van der Waals surface area contributed by atoms with E-state index in [2.05, 4.69) is 0 Å². The Morgan fingerprint density at radius 3 is 2.06 bits per heavy atom. The van der Waals surface area contributed by atoms with Crippen LogP contribution in [0.1, 0.15) is 57.6 Å². The molecular weight excluding hydrogens is 406 g/mol. The van der Waals surface area contributed by atoms with Crippen LogP contribution in [0.5, 0.6) is 0 Å². The summed E-state index contributed by atoms with van der Waals surface area (Å²) in [5.74, 6) is -0.599. The van der Waals surface area contributed by atoms with Gasteiger partial charge in [-0.1, -0.05) is 35.9 Å². The monoisotopic (exact) mass is 437 g/mol. The minimum atomic E-state index is -1.03. The van der Waals surface area contributed by atoms with Crippen molar-refractivity contribution < 1.29 is 23.9 Å². The molecule has 1 heterocycles. The van der Waals surface area contributed by atoms with E-state index in [1.807, 2.05) is 65.0 Å². The van der Waals surface area contributed by atoms with Gasteiger partial charge in [-0.05, 0) is 76.3 Å². The van der Waals surface area contributed by atoms with E-state index < -0.39 is 11.5 Å². The molecule has 0 unspecified atom stereocenters. The van der Waals surface area contributed by atoms with Crippen LogP contribution >= 0.6 is 0 Å². The number of aryl methyl sites for hydroxylation is 5. The second-order valence-electron chi connectivity index (χ2n) is 8.83. The van der Waals surface area contributed by atoms with Crippen LogP contribution in [-0.4, -0.2) is 36.4 Å². The van der Waals surface area contributed by atoms with Crippen LogP contribution in [0.25, 0.3) is 5.57 Å². The summed E-state index contributed by atoms with van der Waals surface area (Å²) >= 11 is 0. The zero-order chi connectivity index (χ0) is 23.8. The van der Waals surface area contributed by atoms with Gasteiger partial charge < -0.3 is 9.47 Å². The Bertz CT molecular complexity index is 1070. The first-order valence-corrected chi connectivity index (χ1v) is 10.6. The molecule has 0 saturated heterocycles. The fraction of sp³-hybridized carbons (Fsp3) is 0.385. The third-order valence-electron chi connectivity index (χ3n) is 5.80. The second-order valence-corrected chi connectivity index (χ2v) is 8.83. The highest BCUT2D eigenvalue weighted by Crippen LogP contribution is 2.43. The predicted octanol–water partition coefficient (Wildman–Crippen LogP) is 4.95. The molecule has 0 spiro atoms. The molecule has 0 fully saturated rings. The molecule has 1 aliphatic rings. The Morgan fingerprint density at radius 1 is 0.969 bits per heavy atom. The van der Waals surface area contributed by atoms with Crippen LogP contribution in [0, 0.1) is 34.6 Å². The molecule has 32 heavy (non-hydrogen) atoms. The van der Waals surface area contributed by atoms with Gasteiger partial charge in [0.2, 0.25) is 0 Å². The van der Waals surface area contributed by atoms with Gasteiger partial charge >= 0.3 is 5.97 Å². The third kappa shape index (κ3) is 4.08. The van der Waals surface area contributed by atoms with Crippen molar-refractivity contribution in [3.63, 3.8) is 0 Å². The Balaban J connectivity index is 2.20. The number of hydrogen-bond acceptors (Lipinski definition) is 5. The molecule has 1 aliphatic heterocycles. The minimum Gasteiger partial charge on any atom is -0.424 e. The minimum absolute atomic E-state index is 0.105. The second kappa shape index (κ2) is 8.88. The number of carbonyl (C=O) groups is 2. The smallest absolute Gasteiger partial charge is 0.343 e. The lowest BCUT2D eigenvalue weighted by Gasteiger charge is -2.31. The van der Waals surface area contributed by atoms with Crippen molar-refractivity contribution in [1.29, 1.82) is 0 Å². The Hall–Kier alpha value is -2.96. The first kappa shape index (κ1) is 23.7. The Morgan fingerprint density at radius 2 is 1.53 bits per heavy atom. The summed E-state index contributed by atoms with van der Waals surface area (Å²) in [5, 5.41) is 1.23. The molecule has 0 saturated carbocycles. The number of nitrogens with zero attached hydrogens (tertiary/aromatic N) is 1. The highest BCUT2D eigenvalue weighted by atomic mass is 16.8. The number of amides is 1. The fourth-order valence-corrected chi connectivity index (χ4v) is 4.43. The molecule has 6 nitrogen and oxygen atoms in total. The average molecular weight is 438 g/mol. The first-order valence-electron chi connectivity index (χ1n) is 10.6. The quantitative estimate of drug-likeness (QED) is 0.472. The molecular formula is C26H31NO5. The van der Waals surface area contributed by atoms with Crippen LogP contribution in [0.3, 0.4) is 0 Å². The van der Waals surface area contributed by atoms with Crippen LogP contribution in [0.4, 0.5) is 0 Å². The lowest BCUT2D eigenvalue weighted by molar-refractivity contribution is -0.238. The van der Waals surface area contributed by atoms with E-state index in [9.17, 15) is 9.59 Å². The maximum absolute atomic E-state index is 13.6. The molecule has 2 aromatic carbocycles. The van der Waals surface area contributed by atoms with Crippen molar-refractivity contribution in [2.24, 2.45) is 0 Å². The predicted molar refractivity (Wildman–Crippen MR) is 123 cm³/mol. The first-order chi connectivity index (χ1) is 15.0. The van der Waals surface area contributed by atoms with Gasteiger partial charge in [0.15, 0.2) is 6.79 Å². The summed E-state index contributed by atoms with van der Waals surface area (Å²) in [6.45, 7) is 13.1. The number of hydroxylamine groups is 2. The highest BCUT2D eigenvalue weighted by Gasteiger charge is 2.50. The standard InChI is InChI=1S/C26H31NO5/c1-15-12-18(4)20(19(5)13-15)22-23(26(6,7)27(24(22)28)31-14-30-8)32-25(29)21-16(2)10-9-11-17(21)3/h9-13H,14H2,1-8H3. The number of methoxy groups -OCH3 is 1. The number of rotatable bonds is 6. The van der Waals surface area contributed by atoms with Crippen LogP contribution in [-0.2, 0) is 19.1 Å². The number of hydrogen-bond donors (Lipinski definition) is 0. The van der Waals surface area contributed by atoms with E-state index >= 15 is 0 Å². The largest absolute Gasteiger partial charge is 0.424 e. The summed E-state index contributed by atoms with van der Waals surface area (Å²) in [7, 11) is 1.48. The fourth-order valence-electron chi connectivity index (χ4n) is 4.43. The van der Waals surface area contributed by atoms with Crippen molar-refractivity contribution in [1.82, 2.24) is 5.06 Å². The van der Waals surface area contributed by atoms with Gasteiger partial charge in [0.05, 0.1) is 11.1 Å². The van der Waals surface area contributed by atoms with Gasteiger partial charge in [0.1, 0.15) is 11.3 Å². The molecule has 0 aliphatic carbocycles. The van der Waals surface area contributed by atoms with Crippen LogP contribution in [0.2, 0.25) is 0 Å². The topological polar surface area (TPSA) is 65.1 Å². The summed E-state index contributed by atoms with van der Waals surface area (Å²) in [6.07, 6.45) is 0. The number of esters is 1. The molecule has 0 aromatic heterocycles. The zero-order valence-corrected chi connectivity index (χ0v) is 20.1. The van der Waals surface area contributed by atoms with E-state index in [-0.39, 0.29) is 18.5 Å². The van der Waals surface area contributed by atoms with Crippen molar-refractivity contribution in [3.05, 3.63) is 75.0 Å². The van der Waals surface area contributed by atoms with Gasteiger partial charge in [0.25, 0.3) is 5.91 Å². The Labute approximate surface area is 189 Å². The maximum Gasteiger partial charge on any atom is 0.343 e. The summed E-state index contributed by atoms with van der Waals surface area (Å²) in [5.41, 5.74) is 5.13. The van der Waals surface area contributed by atoms with Gasteiger partial charge in [-0.25, -0.2) is 14.7 Å². The van der Waals surface area contributed by atoms with Crippen molar-refractivity contribution in [2.45, 2.75) is 54.0 Å². The lowest BCUT2D eigenvalue weighted by atomic mass is 9.91. The third-order valence-corrected chi connectivity index (χ3v) is 5.80. The van der Waals surface area contributed by atoms with Crippen molar-refractivity contribution in [2.75, 3.05) is 13.9 Å². The number of ether oxygens (including phenoxy) is 2. The SMILES string of the molecule is COCON1C(=O)C(c2c(C)cc(C)cc2C)=C(OC(=O)c2c(C)cccc2C)C1(C)C.